The van der Waals surface area contributed by atoms with Gasteiger partial charge in [-0.1, -0.05) is 11.3 Å². The number of amides is 2. The van der Waals surface area contributed by atoms with E-state index in [0.717, 1.165) is 50.7 Å². The highest BCUT2D eigenvalue weighted by Gasteiger charge is 2.47. The van der Waals surface area contributed by atoms with Crippen LogP contribution in [-0.2, 0) is 15.7 Å². The Balaban J connectivity index is 1.24. The highest BCUT2D eigenvalue weighted by atomic mass is 32.1. The zero-order valence-corrected chi connectivity index (χ0v) is 31.7. The van der Waals surface area contributed by atoms with Gasteiger partial charge in [0.2, 0.25) is 0 Å². The van der Waals surface area contributed by atoms with E-state index < -0.39 is 64.3 Å². The van der Waals surface area contributed by atoms with E-state index in [1.807, 2.05) is 0 Å². The fourth-order valence-electron chi connectivity index (χ4n) is 7.97. The lowest BCUT2D eigenvalue weighted by Gasteiger charge is -2.40. The Morgan fingerprint density at radius 1 is 1.04 bits per heavy atom. The number of carbonyl (C=O) groups is 2. The number of morpholine rings is 1. The molecule has 56 heavy (non-hydrogen) atoms. The van der Waals surface area contributed by atoms with Gasteiger partial charge in [0, 0.05) is 54.7 Å². The number of rotatable bonds is 8. The van der Waals surface area contributed by atoms with Crippen molar-refractivity contribution < 1.29 is 50.9 Å². The Labute approximate surface area is 321 Å². The molecule has 1 aliphatic carbocycles. The fourth-order valence-corrected chi connectivity index (χ4v) is 8.85. The van der Waals surface area contributed by atoms with E-state index in [0.29, 0.717) is 37.4 Å². The summed E-state index contributed by atoms with van der Waals surface area (Å²) in [6, 6.07) is 1.57. The average molecular weight is 806 g/mol. The second kappa shape index (κ2) is 14.1. The van der Waals surface area contributed by atoms with E-state index in [2.05, 4.69) is 25.2 Å². The summed E-state index contributed by atoms with van der Waals surface area (Å²) in [6.45, 7) is 8.83. The van der Waals surface area contributed by atoms with Crippen LogP contribution in [0.2, 0.25) is 0 Å². The molecule has 4 aliphatic rings. The van der Waals surface area contributed by atoms with Gasteiger partial charge < -0.3 is 24.2 Å². The topological polar surface area (TPSA) is 142 Å². The Morgan fingerprint density at radius 3 is 2.36 bits per heavy atom. The van der Waals surface area contributed by atoms with Gasteiger partial charge in [0.1, 0.15) is 22.8 Å². The van der Waals surface area contributed by atoms with Crippen molar-refractivity contribution >= 4 is 55.6 Å². The van der Waals surface area contributed by atoms with E-state index in [1.54, 1.807) is 25.7 Å². The predicted octanol–water partition coefficient (Wildman–Crippen LogP) is 7.37. The highest BCUT2D eigenvalue weighted by Crippen LogP contribution is 2.49. The molecular formula is C37H40F5N7O6S. The first-order valence-electron chi connectivity index (χ1n) is 18.4. The molecule has 13 nitrogen and oxygen atoms in total. The molecule has 1 saturated carbocycles. The maximum Gasteiger partial charge on any atom is 0.417 e. The quantitative estimate of drug-likeness (QED) is 0.172. The second-order valence-corrected chi connectivity index (χ2v) is 16.9. The van der Waals surface area contributed by atoms with Gasteiger partial charge in [-0.15, -0.1) is 0 Å². The molecule has 2 bridgehead atoms. The fraction of sp³-hybridized carbons (Fsp3) is 0.541. The summed E-state index contributed by atoms with van der Waals surface area (Å²) in [7, 11) is 0. The lowest BCUT2D eigenvalue weighted by Crippen LogP contribution is -2.55. The van der Waals surface area contributed by atoms with Gasteiger partial charge >= 0.3 is 24.4 Å². The van der Waals surface area contributed by atoms with Crippen molar-refractivity contribution in [1.82, 2.24) is 24.8 Å². The van der Waals surface area contributed by atoms with Crippen LogP contribution in [0.25, 0.3) is 32.2 Å². The number of ether oxygens (including phenoxy) is 3. The van der Waals surface area contributed by atoms with E-state index in [4.69, 9.17) is 14.2 Å². The molecule has 8 rings (SSSR count). The first-order chi connectivity index (χ1) is 26.5. The van der Waals surface area contributed by atoms with Crippen molar-refractivity contribution in [2.75, 3.05) is 62.8 Å². The average Bonchev–Trinajstić information content (AvgIpc) is 3.65. The smallest absolute Gasteiger partial charge is 0.417 e. The van der Waals surface area contributed by atoms with Crippen LogP contribution in [0.3, 0.4) is 0 Å². The number of carbonyl (C=O) groups excluding carboxylic acids is 1. The molecule has 4 aromatic rings. The SMILES string of the molecule is CC(C)(C)OC(=O)Nc1nc2c(-c3c(C(F)(F)F)cc4c(N5C[C@H]6CC[C@@H](C5)N6C(=O)O)nc(OCC5(CN6CCOCC6)CC5)nc4c3F)ccc(F)c2s1. The van der Waals surface area contributed by atoms with Crippen LogP contribution >= 0.6 is 11.3 Å². The van der Waals surface area contributed by atoms with Crippen molar-refractivity contribution in [2.45, 2.75) is 70.3 Å². The van der Waals surface area contributed by atoms with Gasteiger partial charge in [-0.3, -0.25) is 15.1 Å². The molecule has 0 unspecified atom stereocenters. The van der Waals surface area contributed by atoms with Crippen molar-refractivity contribution in [3.8, 4) is 17.1 Å². The summed E-state index contributed by atoms with van der Waals surface area (Å²) in [5.74, 6) is -2.20. The Bertz CT molecular complexity index is 2190. The van der Waals surface area contributed by atoms with Crippen LogP contribution in [-0.4, -0.2) is 112 Å². The maximum absolute atomic E-state index is 17.3. The number of thiazole rings is 1. The number of aromatic nitrogens is 3. The molecule has 5 heterocycles. The first-order valence-corrected chi connectivity index (χ1v) is 19.2. The number of hydrogen-bond acceptors (Lipinski definition) is 11. The number of alkyl halides is 3. The van der Waals surface area contributed by atoms with Crippen LogP contribution in [0, 0.1) is 17.0 Å². The third kappa shape index (κ3) is 7.47. The third-order valence-electron chi connectivity index (χ3n) is 10.7. The Morgan fingerprint density at radius 2 is 1.73 bits per heavy atom. The number of nitrogens with zero attached hydrogens (tertiary/aromatic N) is 6. The first kappa shape index (κ1) is 38.3. The Hall–Kier alpha value is -4.62. The molecule has 3 aliphatic heterocycles. The van der Waals surface area contributed by atoms with E-state index in [-0.39, 0.29) is 63.2 Å². The lowest BCUT2D eigenvalue weighted by atomic mass is 9.95. The molecule has 0 radical (unpaired) electrons. The van der Waals surface area contributed by atoms with Gasteiger partial charge in [-0.2, -0.15) is 23.1 Å². The number of halogens is 5. The van der Waals surface area contributed by atoms with E-state index >= 15 is 22.0 Å². The molecular weight excluding hydrogens is 766 g/mol. The molecule has 19 heteroatoms. The van der Waals surface area contributed by atoms with Gasteiger partial charge in [0.05, 0.1) is 47.7 Å². The summed E-state index contributed by atoms with van der Waals surface area (Å²) in [5.41, 5.74) is -4.53. The minimum atomic E-state index is -5.12. The number of carboxylic acid groups (broad SMARTS) is 1. The number of nitrogens with one attached hydrogen (secondary N) is 1. The summed E-state index contributed by atoms with van der Waals surface area (Å²) >= 11 is 0.659. The van der Waals surface area contributed by atoms with Crippen LogP contribution in [0.5, 0.6) is 6.01 Å². The molecule has 2 atom stereocenters. The zero-order valence-electron chi connectivity index (χ0n) is 30.8. The third-order valence-corrected chi connectivity index (χ3v) is 11.7. The largest absolute Gasteiger partial charge is 0.465 e. The van der Waals surface area contributed by atoms with Crippen LogP contribution in [0.1, 0.15) is 52.0 Å². The molecule has 3 saturated heterocycles. The summed E-state index contributed by atoms with van der Waals surface area (Å²) in [4.78, 5) is 43.1. The molecule has 4 fully saturated rings. The molecule has 2 N–H and O–H groups in total. The monoisotopic (exact) mass is 805 g/mol. The Kier molecular flexibility index (Phi) is 9.63. The van der Waals surface area contributed by atoms with Crippen LogP contribution < -0.4 is 15.0 Å². The summed E-state index contributed by atoms with van der Waals surface area (Å²) in [6.07, 6.45) is -4.28. The number of anilines is 2. The zero-order chi connectivity index (χ0) is 39.7. The van der Waals surface area contributed by atoms with Crippen molar-refractivity contribution in [1.29, 1.82) is 0 Å². The normalized spacial score (nSPS) is 21.1. The number of fused-ring (bicyclic) bond motifs is 4. The van der Waals surface area contributed by atoms with Crippen LogP contribution in [0.15, 0.2) is 18.2 Å². The van der Waals surface area contributed by atoms with E-state index in [9.17, 15) is 14.7 Å². The second-order valence-electron chi connectivity index (χ2n) is 15.9. The summed E-state index contributed by atoms with van der Waals surface area (Å²) < 4.78 is 94.6. The molecule has 2 aromatic carbocycles. The van der Waals surface area contributed by atoms with Gasteiger partial charge in [0.15, 0.2) is 10.9 Å². The van der Waals surface area contributed by atoms with E-state index in [1.165, 1.54) is 4.90 Å². The number of benzene rings is 2. The number of hydrogen-bond donors (Lipinski definition) is 2. The molecule has 300 valence electrons. The highest BCUT2D eigenvalue weighted by molar-refractivity contribution is 7.22. The molecule has 2 amide bonds. The minimum absolute atomic E-state index is 0.0114. The number of piperazine rings is 1. The molecule has 0 spiro atoms. The van der Waals surface area contributed by atoms with Gasteiger partial charge in [0.25, 0.3) is 0 Å². The minimum Gasteiger partial charge on any atom is -0.465 e. The predicted molar refractivity (Wildman–Crippen MR) is 196 cm³/mol. The summed E-state index contributed by atoms with van der Waals surface area (Å²) in [5, 5.41) is 11.8. The van der Waals surface area contributed by atoms with Crippen molar-refractivity contribution in [2.24, 2.45) is 5.41 Å². The standard InChI is InChI=1S/C37H40F5N7O6S/c1-35(2,3)55-33(50)46-32-44-28-21(6-7-24(38)29(28)56-32)25-23(37(40,41)42)14-22-27(26(25)39)43-31(54-18-36(8-9-36)17-47-10-12-53-13-11-47)45-30(22)48-15-19-4-5-20(16-48)49(19)34(51)52/h6-7,14,19-20H,4-5,8-13,15-18H2,1-3H3,(H,51,52)(H,44,46,50)/t19-,20+. The lowest BCUT2D eigenvalue weighted by molar-refractivity contribution is -0.137. The van der Waals surface area contributed by atoms with Crippen LogP contribution in [0.4, 0.5) is 42.5 Å². The molecule has 2 aromatic heterocycles. The van der Waals surface area contributed by atoms with Crippen molar-refractivity contribution in [3.05, 3.63) is 35.4 Å². The van der Waals surface area contributed by atoms with Gasteiger partial charge in [-0.25, -0.2) is 23.4 Å². The van der Waals surface area contributed by atoms with Crippen molar-refractivity contribution in [3.63, 3.8) is 0 Å². The maximum atomic E-state index is 17.3. The van der Waals surface area contributed by atoms with Gasteiger partial charge in [-0.05, 0) is 64.7 Å².